The maximum atomic E-state index is 14.0. The average Bonchev–Trinajstić information content (AvgIpc) is 3.46. The van der Waals surface area contributed by atoms with Crippen molar-refractivity contribution in [1.82, 2.24) is 14.1 Å². The van der Waals surface area contributed by atoms with E-state index in [4.69, 9.17) is 0 Å². The third-order valence-corrected chi connectivity index (χ3v) is 9.29. The number of aromatic nitrogens is 3. The fraction of sp³-hybridized carbons (Fsp3) is 0. The van der Waals surface area contributed by atoms with Crippen LogP contribution in [0.3, 0.4) is 0 Å². The van der Waals surface area contributed by atoms with Crippen molar-refractivity contribution >= 4 is 32.6 Å². The number of benzene rings is 7. The van der Waals surface area contributed by atoms with E-state index in [1.807, 2.05) is 79.1 Å². The van der Waals surface area contributed by atoms with E-state index in [1.165, 1.54) is 38.2 Å². The second-order valence-electron chi connectivity index (χ2n) is 12.0. The standard InChI is InChI=1S/C44H29N3O/c48-44-46(34-10-2-1-3-11-34)40-16-8-9-17-41(40)47(44)35-24-22-33(23-25-35)43-38-14-6-4-12-36(38)42(37-13-5-7-15-39(37)43)32-20-18-30(19-21-32)31-26-28-45-29-27-31/h1-29H. The van der Waals surface area contributed by atoms with Gasteiger partial charge in [0, 0.05) is 12.4 Å². The number of para-hydroxylation sites is 3. The fourth-order valence-corrected chi connectivity index (χ4v) is 7.13. The minimum atomic E-state index is -0.0923. The van der Waals surface area contributed by atoms with Crippen LogP contribution in [-0.4, -0.2) is 14.1 Å². The summed E-state index contributed by atoms with van der Waals surface area (Å²) in [6, 6.07) is 56.5. The van der Waals surface area contributed by atoms with E-state index in [9.17, 15) is 4.79 Å². The smallest absolute Gasteiger partial charge is 0.265 e. The highest BCUT2D eigenvalue weighted by molar-refractivity contribution is 6.21. The molecule has 2 heterocycles. The highest BCUT2D eigenvalue weighted by Gasteiger charge is 2.18. The molecule has 0 amide bonds. The number of rotatable bonds is 5. The highest BCUT2D eigenvalue weighted by Crippen LogP contribution is 2.44. The van der Waals surface area contributed by atoms with E-state index in [0.29, 0.717) is 0 Å². The third kappa shape index (κ3) is 4.46. The summed E-state index contributed by atoms with van der Waals surface area (Å²) >= 11 is 0. The first-order chi connectivity index (χ1) is 23.8. The first kappa shape index (κ1) is 27.8. The minimum Gasteiger partial charge on any atom is -0.265 e. The average molecular weight is 616 g/mol. The van der Waals surface area contributed by atoms with Crippen LogP contribution in [0.5, 0.6) is 0 Å². The largest absolute Gasteiger partial charge is 0.338 e. The van der Waals surface area contributed by atoms with Gasteiger partial charge in [0.25, 0.3) is 0 Å². The summed E-state index contributed by atoms with van der Waals surface area (Å²) in [7, 11) is 0. The SMILES string of the molecule is O=c1n(-c2ccccc2)c2ccccc2n1-c1ccc(-c2c3ccccc3c(-c3ccc(-c4ccncc4)cc3)c3ccccc23)cc1. The lowest BCUT2D eigenvalue weighted by atomic mass is 9.85. The van der Waals surface area contributed by atoms with E-state index < -0.39 is 0 Å². The van der Waals surface area contributed by atoms with Crippen molar-refractivity contribution in [2.75, 3.05) is 0 Å². The van der Waals surface area contributed by atoms with Crippen LogP contribution < -0.4 is 5.69 Å². The molecule has 9 aromatic rings. The number of imidazole rings is 1. The fourth-order valence-electron chi connectivity index (χ4n) is 7.13. The van der Waals surface area contributed by atoms with Gasteiger partial charge in [-0.15, -0.1) is 0 Å². The topological polar surface area (TPSA) is 39.8 Å². The van der Waals surface area contributed by atoms with Gasteiger partial charge in [0.15, 0.2) is 0 Å². The van der Waals surface area contributed by atoms with Crippen molar-refractivity contribution < 1.29 is 0 Å². The summed E-state index contributed by atoms with van der Waals surface area (Å²) < 4.78 is 3.59. The molecule has 9 rings (SSSR count). The van der Waals surface area contributed by atoms with Crippen molar-refractivity contribution in [2.24, 2.45) is 0 Å². The molecule has 0 aliphatic rings. The summed E-state index contributed by atoms with van der Waals surface area (Å²) in [5.41, 5.74) is 10.3. The third-order valence-electron chi connectivity index (χ3n) is 9.29. The van der Waals surface area contributed by atoms with Crippen LogP contribution in [0.25, 0.3) is 77.3 Å². The Morgan fingerprint density at radius 3 is 1.23 bits per heavy atom. The quantitative estimate of drug-likeness (QED) is 0.181. The van der Waals surface area contributed by atoms with E-state index in [1.54, 1.807) is 9.13 Å². The molecule has 0 N–H and O–H groups in total. The number of pyridine rings is 1. The van der Waals surface area contributed by atoms with Gasteiger partial charge in [0.05, 0.1) is 22.4 Å². The van der Waals surface area contributed by atoms with Crippen LogP contribution in [0.15, 0.2) is 181 Å². The Balaban J connectivity index is 1.20. The lowest BCUT2D eigenvalue weighted by molar-refractivity contribution is 0.931. The molecule has 0 radical (unpaired) electrons. The molecule has 0 fully saturated rings. The normalized spacial score (nSPS) is 11.4. The second-order valence-corrected chi connectivity index (χ2v) is 12.0. The van der Waals surface area contributed by atoms with Crippen LogP contribution in [0.4, 0.5) is 0 Å². The zero-order chi connectivity index (χ0) is 32.0. The molecular weight excluding hydrogens is 587 g/mol. The highest BCUT2D eigenvalue weighted by atomic mass is 16.1. The van der Waals surface area contributed by atoms with Gasteiger partial charge < -0.3 is 0 Å². The van der Waals surface area contributed by atoms with Gasteiger partial charge in [-0.3, -0.25) is 14.1 Å². The van der Waals surface area contributed by atoms with Crippen LogP contribution in [0.2, 0.25) is 0 Å². The number of nitrogens with zero attached hydrogens (tertiary/aromatic N) is 3. The summed E-state index contributed by atoms with van der Waals surface area (Å²) in [6.45, 7) is 0. The Hall–Kier alpha value is -6.52. The van der Waals surface area contributed by atoms with Crippen LogP contribution in [-0.2, 0) is 0 Å². The van der Waals surface area contributed by atoms with E-state index in [-0.39, 0.29) is 5.69 Å². The van der Waals surface area contributed by atoms with Crippen molar-refractivity contribution in [2.45, 2.75) is 0 Å². The van der Waals surface area contributed by atoms with E-state index in [2.05, 4.69) is 102 Å². The molecule has 0 aliphatic heterocycles. The first-order valence-electron chi connectivity index (χ1n) is 16.1. The van der Waals surface area contributed by atoms with E-state index in [0.717, 1.165) is 39.1 Å². The van der Waals surface area contributed by atoms with Gasteiger partial charge in [-0.05, 0) is 103 Å². The first-order valence-corrected chi connectivity index (χ1v) is 16.1. The molecule has 0 saturated heterocycles. The van der Waals surface area contributed by atoms with Crippen LogP contribution in [0, 0.1) is 0 Å². The van der Waals surface area contributed by atoms with Gasteiger partial charge in [0.1, 0.15) is 0 Å². The predicted octanol–water partition coefficient (Wildman–Crippen LogP) is 10.5. The number of hydrogen-bond donors (Lipinski definition) is 0. The Morgan fingerprint density at radius 1 is 0.354 bits per heavy atom. The van der Waals surface area contributed by atoms with Crippen LogP contribution >= 0.6 is 0 Å². The zero-order valence-electron chi connectivity index (χ0n) is 26.0. The molecule has 4 nitrogen and oxygen atoms in total. The lowest BCUT2D eigenvalue weighted by Gasteiger charge is -2.18. The van der Waals surface area contributed by atoms with Crippen molar-refractivity contribution in [3.05, 3.63) is 187 Å². The van der Waals surface area contributed by atoms with Crippen molar-refractivity contribution in [3.8, 4) is 44.8 Å². The van der Waals surface area contributed by atoms with Crippen molar-refractivity contribution in [3.63, 3.8) is 0 Å². The lowest BCUT2D eigenvalue weighted by Crippen LogP contribution is -2.22. The Bertz CT molecular complexity index is 2600. The van der Waals surface area contributed by atoms with Crippen molar-refractivity contribution in [1.29, 1.82) is 0 Å². The molecule has 0 saturated carbocycles. The summed E-state index contributed by atoms with van der Waals surface area (Å²) in [4.78, 5) is 18.2. The Morgan fingerprint density at radius 2 is 0.729 bits per heavy atom. The molecular formula is C44H29N3O. The molecule has 0 bridgehead atoms. The molecule has 0 unspecified atom stereocenters. The molecule has 0 atom stereocenters. The molecule has 7 aromatic carbocycles. The van der Waals surface area contributed by atoms with Gasteiger partial charge >= 0.3 is 5.69 Å². The molecule has 2 aromatic heterocycles. The second kappa shape index (κ2) is 11.4. The maximum absolute atomic E-state index is 14.0. The Labute approximate surface area is 277 Å². The molecule has 226 valence electrons. The van der Waals surface area contributed by atoms with E-state index >= 15 is 0 Å². The molecule has 48 heavy (non-hydrogen) atoms. The van der Waals surface area contributed by atoms with Crippen LogP contribution in [0.1, 0.15) is 0 Å². The summed E-state index contributed by atoms with van der Waals surface area (Å²) in [6.07, 6.45) is 3.66. The number of fused-ring (bicyclic) bond motifs is 3. The zero-order valence-corrected chi connectivity index (χ0v) is 26.0. The van der Waals surface area contributed by atoms with Gasteiger partial charge in [-0.2, -0.15) is 0 Å². The summed E-state index contributed by atoms with van der Waals surface area (Å²) in [5.74, 6) is 0. The van der Waals surface area contributed by atoms with Gasteiger partial charge in [-0.25, -0.2) is 4.79 Å². The predicted molar refractivity (Wildman–Crippen MR) is 198 cm³/mol. The molecule has 0 spiro atoms. The molecule has 4 heteroatoms. The van der Waals surface area contributed by atoms with Gasteiger partial charge in [-0.1, -0.05) is 115 Å². The monoisotopic (exact) mass is 615 g/mol. The Kier molecular flexibility index (Phi) is 6.58. The van der Waals surface area contributed by atoms with Gasteiger partial charge in [0.2, 0.25) is 0 Å². The maximum Gasteiger partial charge on any atom is 0.338 e. The summed E-state index contributed by atoms with van der Waals surface area (Å²) in [5, 5.41) is 4.79. The number of hydrogen-bond acceptors (Lipinski definition) is 2. The minimum absolute atomic E-state index is 0.0923. The molecule has 0 aliphatic carbocycles.